The first-order chi connectivity index (χ1) is 15.5. The summed E-state index contributed by atoms with van der Waals surface area (Å²) in [6, 6.07) is 16.0. The molecule has 0 saturated carbocycles. The third kappa shape index (κ3) is 4.79. The second kappa shape index (κ2) is 9.96. The number of hydrogen-bond donors (Lipinski definition) is 0. The molecule has 0 spiro atoms. The molecule has 166 valence electrons. The number of aromatic nitrogens is 1. The molecule has 0 bridgehead atoms. The molecule has 1 atom stereocenters. The Morgan fingerprint density at radius 3 is 2.75 bits per heavy atom. The summed E-state index contributed by atoms with van der Waals surface area (Å²) in [5.74, 6) is 2.41. The van der Waals surface area contributed by atoms with Crippen LogP contribution < -0.4 is 0 Å². The van der Waals surface area contributed by atoms with Crippen LogP contribution in [-0.2, 0) is 5.75 Å². The van der Waals surface area contributed by atoms with E-state index in [1.165, 1.54) is 0 Å². The SMILES string of the molecule is CC[C@@H]1CSC(=Nc2cccc(C)c2)N1C(=O)c1ccccc1SCc1c(C)noc1C. The van der Waals surface area contributed by atoms with Crippen molar-refractivity contribution in [1.29, 1.82) is 0 Å². The van der Waals surface area contributed by atoms with Gasteiger partial charge in [0.05, 0.1) is 16.9 Å². The van der Waals surface area contributed by atoms with E-state index in [1.54, 1.807) is 23.5 Å². The standard InChI is InChI=1S/C25H27N3O2S2/c1-5-20-14-32-25(26-19-10-8-9-16(2)13-19)28(20)24(29)21-11-6-7-12-23(21)31-15-22-17(3)27-30-18(22)4/h6-13,20H,5,14-15H2,1-4H3/t20-/m1/s1. The molecule has 1 aromatic heterocycles. The smallest absolute Gasteiger partial charge is 0.261 e. The zero-order valence-electron chi connectivity index (χ0n) is 18.8. The quantitative estimate of drug-likeness (QED) is 0.387. The van der Waals surface area contributed by atoms with Gasteiger partial charge in [0.1, 0.15) is 5.76 Å². The molecule has 1 aliphatic rings. The van der Waals surface area contributed by atoms with Crippen LogP contribution in [0.4, 0.5) is 5.69 Å². The Hall–Kier alpha value is -2.51. The number of aryl methyl sites for hydroxylation is 3. The van der Waals surface area contributed by atoms with Gasteiger partial charge in [0, 0.05) is 28.0 Å². The van der Waals surface area contributed by atoms with Gasteiger partial charge in [-0.05, 0) is 57.0 Å². The van der Waals surface area contributed by atoms with E-state index in [9.17, 15) is 4.79 Å². The number of rotatable bonds is 6. The number of amidine groups is 1. The van der Waals surface area contributed by atoms with Gasteiger partial charge in [0.2, 0.25) is 0 Å². The van der Waals surface area contributed by atoms with Crippen LogP contribution in [0.5, 0.6) is 0 Å². The molecule has 0 aliphatic carbocycles. The van der Waals surface area contributed by atoms with Crippen molar-refractivity contribution < 1.29 is 9.32 Å². The Balaban J connectivity index is 1.63. The van der Waals surface area contributed by atoms with E-state index in [2.05, 4.69) is 25.1 Å². The third-order valence-corrected chi connectivity index (χ3v) is 7.76. The lowest BCUT2D eigenvalue weighted by atomic mass is 10.1. The number of benzene rings is 2. The predicted octanol–water partition coefficient (Wildman–Crippen LogP) is 6.55. The van der Waals surface area contributed by atoms with Crippen molar-refractivity contribution in [2.75, 3.05) is 5.75 Å². The summed E-state index contributed by atoms with van der Waals surface area (Å²) in [5, 5.41) is 4.82. The summed E-state index contributed by atoms with van der Waals surface area (Å²) < 4.78 is 5.29. The van der Waals surface area contributed by atoms with Crippen LogP contribution in [0.15, 0.2) is 62.9 Å². The highest BCUT2D eigenvalue weighted by atomic mass is 32.2. The number of thioether (sulfide) groups is 2. The Kier molecular flexibility index (Phi) is 7.06. The molecular formula is C25H27N3O2S2. The van der Waals surface area contributed by atoms with Crippen molar-refractivity contribution in [1.82, 2.24) is 10.1 Å². The molecule has 1 fully saturated rings. The number of nitrogens with zero attached hydrogens (tertiary/aromatic N) is 3. The second-order valence-electron chi connectivity index (χ2n) is 7.87. The van der Waals surface area contributed by atoms with E-state index in [4.69, 9.17) is 9.52 Å². The number of amides is 1. The Morgan fingerprint density at radius 2 is 2.03 bits per heavy atom. The van der Waals surface area contributed by atoms with Gasteiger partial charge in [-0.3, -0.25) is 9.69 Å². The zero-order chi connectivity index (χ0) is 22.7. The Labute approximate surface area is 197 Å². The van der Waals surface area contributed by atoms with E-state index < -0.39 is 0 Å². The fraction of sp³-hybridized carbons (Fsp3) is 0.320. The van der Waals surface area contributed by atoms with Crippen LogP contribution in [-0.4, -0.2) is 32.9 Å². The average Bonchev–Trinajstić information content (AvgIpc) is 3.34. The third-order valence-electron chi connectivity index (χ3n) is 5.56. The predicted molar refractivity (Wildman–Crippen MR) is 133 cm³/mol. The summed E-state index contributed by atoms with van der Waals surface area (Å²) in [6.07, 6.45) is 0.889. The van der Waals surface area contributed by atoms with Crippen molar-refractivity contribution in [2.45, 2.75) is 50.8 Å². The van der Waals surface area contributed by atoms with Crippen molar-refractivity contribution in [2.24, 2.45) is 4.99 Å². The molecule has 2 aromatic carbocycles. The summed E-state index contributed by atoms with van der Waals surface area (Å²) in [4.78, 5) is 21.5. The molecule has 0 radical (unpaired) electrons. The highest BCUT2D eigenvalue weighted by Crippen LogP contribution is 2.34. The maximum absolute atomic E-state index is 13.8. The van der Waals surface area contributed by atoms with E-state index in [-0.39, 0.29) is 11.9 Å². The molecule has 3 aromatic rings. The van der Waals surface area contributed by atoms with Crippen LogP contribution in [0.2, 0.25) is 0 Å². The van der Waals surface area contributed by atoms with Crippen molar-refractivity contribution in [3.8, 4) is 0 Å². The molecule has 0 unspecified atom stereocenters. The molecule has 2 heterocycles. The molecule has 1 amide bonds. The van der Waals surface area contributed by atoms with Gasteiger partial charge >= 0.3 is 0 Å². The Morgan fingerprint density at radius 1 is 1.22 bits per heavy atom. The minimum Gasteiger partial charge on any atom is -0.361 e. The van der Waals surface area contributed by atoms with Crippen LogP contribution in [0.25, 0.3) is 0 Å². The lowest BCUT2D eigenvalue weighted by Gasteiger charge is -2.24. The first-order valence-electron chi connectivity index (χ1n) is 10.7. The van der Waals surface area contributed by atoms with Gasteiger partial charge in [-0.15, -0.1) is 11.8 Å². The maximum atomic E-state index is 13.8. The molecule has 4 rings (SSSR count). The highest BCUT2D eigenvalue weighted by molar-refractivity contribution is 8.14. The molecule has 32 heavy (non-hydrogen) atoms. The van der Waals surface area contributed by atoms with Gasteiger partial charge in [-0.2, -0.15) is 0 Å². The number of aliphatic imine (C=N–C) groups is 1. The lowest BCUT2D eigenvalue weighted by Crippen LogP contribution is -2.39. The number of carbonyl (C=O) groups is 1. The van der Waals surface area contributed by atoms with Crippen LogP contribution >= 0.6 is 23.5 Å². The van der Waals surface area contributed by atoms with Gasteiger partial charge in [-0.25, -0.2) is 4.99 Å². The van der Waals surface area contributed by atoms with Crippen molar-refractivity contribution >= 4 is 40.3 Å². The van der Waals surface area contributed by atoms with Gasteiger partial charge < -0.3 is 4.52 Å². The van der Waals surface area contributed by atoms with Gasteiger partial charge in [-0.1, -0.05) is 48.1 Å². The number of hydrogen-bond acceptors (Lipinski definition) is 6. The maximum Gasteiger partial charge on any atom is 0.261 e. The van der Waals surface area contributed by atoms with E-state index in [0.717, 1.165) is 50.5 Å². The Bertz CT molecular complexity index is 1140. The summed E-state index contributed by atoms with van der Waals surface area (Å²) in [5.41, 5.74) is 4.72. The summed E-state index contributed by atoms with van der Waals surface area (Å²) in [7, 11) is 0. The van der Waals surface area contributed by atoms with Crippen molar-refractivity contribution in [3.63, 3.8) is 0 Å². The minimum atomic E-state index is 0.00937. The summed E-state index contributed by atoms with van der Waals surface area (Å²) >= 11 is 3.30. The molecule has 5 nitrogen and oxygen atoms in total. The fourth-order valence-corrected chi connectivity index (χ4v) is 6.14. The van der Waals surface area contributed by atoms with Crippen LogP contribution in [0.3, 0.4) is 0 Å². The van der Waals surface area contributed by atoms with Crippen molar-refractivity contribution in [3.05, 3.63) is 76.7 Å². The molecule has 7 heteroatoms. The molecule has 0 N–H and O–H groups in total. The number of carbonyl (C=O) groups excluding carboxylic acids is 1. The molecule has 1 saturated heterocycles. The zero-order valence-corrected chi connectivity index (χ0v) is 20.4. The first-order valence-corrected chi connectivity index (χ1v) is 12.7. The first kappa shape index (κ1) is 22.7. The molecule has 1 aliphatic heterocycles. The normalized spacial score (nSPS) is 17.3. The average molecular weight is 466 g/mol. The lowest BCUT2D eigenvalue weighted by molar-refractivity contribution is 0.0816. The minimum absolute atomic E-state index is 0.00937. The van der Waals surface area contributed by atoms with Crippen LogP contribution in [0, 0.1) is 20.8 Å². The van der Waals surface area contributed by atoms with Gasteiger partial charge in [0.15, 0.2) is 5.17 Å². The van der Waals surface area contributed by atoms with E-state index in [1.807, 2.05) is 61.2 Å². The van der Waals surface area contributed by atoms with E-state index >= 15 is 0 Å². The monoisotopic (exact) mass is 465 g/mol. The van der Waals surface area contributed by atoms with Gasteiger partial charge in [0.25, 0.3) is 5.91 Å². The largest absolute Gasteiger partial charge is 0.361 e. The highest BCUT2D eigenvalue weighted by Gasteiger charge is 2.35. The topological polar surface area (TPSA) is 58.7 Å². The second-order valence-corrected chi connectivity index (χ2v) is 9.87. The summed E-state index contributed by atoms with van der Waals surface area (Å²) in [6.45, 7) is 8.05. The molecular weight excluding hydrogens is 438 g/mol. The van der Waals surface area contributed by atoms with E-state index in [0.29, 0.717) is 11.3 Å². The van der Waals surface area contributed by atoms with Crippen LogP contribution in [0.1, 0.15) is 46.3 Å². The fourth-order valence-electron chi connectivity index (χ4n) is 3.68.